The summed E-state index contributed by atoms with van der Waals surface area (Å²) in [5.74, 6) is 0. The van der Waals surface area contributed by atoms with Crippen LogP contribution in [0.1, 0.15) is 6.42 Å². The van der Waals surface area contributed by atoms with E-state index in [2.05, 4.69) is 9.47 Å². The second-order valence-corrected chi connectivity index (χ2v) is 1.69. The van der Waals surface area contributed by atoms with E-state index in [0.29, 0.717) is 0 Å². The molecule has 0 bridgehead atoms. The van der Waals surface area contributed by atoms with Crippen molar-refractivity contribution >= 4 is 6.16 Å². The molecule has 3 nitrogen and oxygen atoms in total. The predicted octanol–water partition coefficient (Wildman–Crippen LogP) is 2.02. The summed E-state index contributed by atoms with van der Waals surface area (Å²) < 4.78 is 51.6. The largest absolute Gasteiger partial charge is 0.577 e. The van der Waals surface area contributed by atoms with Crippen LogP contribution in [0.25, 0.3) is 0 Å². The van der Waals surface area contributed by atoms with Crippen LogP contribution in [-0.2, 0) is 9.47 Å². The smallest absolute Gasteiger partial charge is 0.434 e. The molecule has 0 saturated heterocycles. The lowest BCUT2D eigenvalue weighted by molar-refractivity contribution is -0.299. The standard InChI is InChI=1S/C5H6F4O3/c6-2-1-3-11-4(10)12-5(7,8)9/h1-3H2. The Balaban J connectivity index is 3.47. The lowest BCUT2D eigenvalue weighted by atomic mass is 10.5. The second kappa shape index (κ2) is 4.78. The number of carbonyl (C=O) groups excluding carboxylic acids is 1. The van der Waals surface area contributed by atoms with Gasteiger partial charge in [-0.25, -0.2) is 4.79 Å². The van der Waals surface area contributed by atoms with Crippen molar-refractivity contribution in [2.24, 2.45) is 0 Å². The van der Waals surface area contributed by atoms with Crippen LogP contribution in [0, 0.1) is 0 Å². The molecule has 0 N–H and O–H groups in total. The minimum Gasteiger partial charge on any atom is -0.434 e. The zero-order chi connectivity index (χ0) is 9.61. The third-order valence-corrected chi connectivity index (χ3v) is 0.697. The highest BCUT2D eigenvalue weighted by atomic mass is 19.4. The fourth-order valence-corrected chi connectivity index (χ4v) is 0.334. The van der Waals surface area contributed by atoms with Crippen LogP contribution in [0.3, 0.4) is 0 Å². The zero-order valence-electron chi connectivity index (χ0n) is 5.86. The van der Waals surface area contributed by atoms with Crippen molar-refractivity contribution in [3.63, 3.8) is 0 Å². The van der Waals surface area contributed by atoms with E-state index in [1.54, 1.807) is 0 Å². The molecule has 0 aromatic carbocycles. The first-order valence-corrected chi connectivity index (χ1v) is 2.94. The van der Waals surface area contributed by atoms with Crippen molar-refractivity contribution in [1.29, 1.82) is 0 Å². The van der Waals surface area contributed by atoms with Gasteiger partial charge >= 0.3 is 12.5 Å². The fraction of sp³-hybridized carbons (Fsp3) is 0.800. The Labute approximate surface area is 65.2 Å². The van der Waals surface area contributed by atoms with Gasteiger partial charge in [0, 0.05) is 6.42 Å². The molecule has 0 rings (SSSR count). The van der Waals surface area contributed by atoms with Crippen molar-refractivity contribution in [3.8, 4) is 0 Å². The van der Waals surface area contributed by atoms with E-state index in [9.17, 15) is 22.4 Å². The van der Waals surface area contributed by atoms with Gasteiger partial charge in [-0.05, 0) is 0 Å². The lowest BCUT2D eigenvalue weighted by Crippen LogP contribution is -2.20. The van der Waals surface area contributed by atoms with Gasteiger partial charge in [-0.15, -0.1) is 13.2 Å². The minimum atomic E-state index is -5.05. The van der Waals surface area contributed by atoms with E-state index in [4.69, 9.17) is 0 Å². The third kappa shape index (κ3) is 7.10. The van der Waals surface area contributed by atoms with Crippen molar-refractivity contribution in [2.45, 2.75) is 12.8 Å². The van der Waals surface area contributed by atoms with E-state index in [1.165, 1.54) is 0 Å². The van der Waals surface area contributed by atoms with Crippen molar-refractivity contribution in [3.05, 3.63) is 0 Å². The lowest BCUT2D eigenvalue weighted by Gasteiger charge is -2.06. The monoisotopic (exact) mass is 190 g/mol. The van der Waals surface area contributed by atoms with Gasteiger partial charge in [0.15, 0.2) is 0 Å². The van der Waals surface area contributed by atoms with Crippen LogP contribution in [0.15, 0.2) is 0 Å². The van der Waals surface area contributed by atoms with E-state index < -0.39 is 25.8 Å². The fourth-order valence-electron chi connectivity index (χ4n) is 0.334. The van der Waals surface area contributed by atoms with E-state index in [0.717, 1.165) is 0 Å². The molecule has 0 unspecified atom stereocenters. The van der Waals surface area contributed by atoms with Gasteiger partial charge in [0.25, 0.3) is 0 Å². The first-order valence-electron chi connectivity index (χ1n) is 2.94. The Hall–Kier alpha value is -1.01. The highest BCUT2D eigenvalue weighted by Gasteiger charge is 2.34. The average Bonchev–Trinajstić information content (AvgIpc) is 1.84. The molecule has 0 aromatic heterocycles. The van der Waals surface area contributed by atoms with Gasteiger partial charge in [-0.1, -0.05) is 0 Å². The first-order chi connectivity index (χ1) is 5.45. The third-order valence-electron chi connectivity index (χ3n) is 0.697. The Morgan fingerprint density at radius 2 is 1.92 bits per heavy atom. The summed E-state index contributed by atoms with van der Waals surface area (Å²) in [7, 11) is 0. The molecule has 72 valence electrons. The van der Waals surface area contributed by atoms with Crippen LogP contribution in [-0.4, -0.2) is 25.8 Å². The normalized spacial score (nSPS) is 11.0. The highest BCUT2D eigenvalue weighted by molar-refractivity contribution is 5.59. The Bertz CT molecular complexity index is 144. The molecule has 0 spiro atoms. The number of hydrogen-bond donors (Lipinski definition) is 0. The summed E-state index contributed by atoms with van der Waals surface area (Å²) in [6.07, 6.45) is -7.06. The number of alkyl halides is 4. The van der Waals surface area contributed by atoms with Crippen molar-refractivity contribution in [2.75, 3.05) is 13.3 Å². The summed E-state index contributed by atoms with van der Waals surface area (Å²) in [5, 5.41) is 0. The quantitative estimate of drug-likeness (QED) is 0.388. The van der Waals surface area contributed by atoms with Gasteiger partial charge in [0.1, 0.15) is 0 Å². The van der Waals surface area contributed by atoms with Gasteiger partial charge < -0.3 is 9.47 Å². The maximum absolute atomic E-state index is 11.3. The molecule has 0 radical (unpaired) electrons. The summed E-state index contributed by atoms with van der Waals surface area (Å²) in [4.78, 5) is 10.0. The average molecular weight is 190 g/mol. The van der Waals surface area contributed by atoms with E-state index in [-0.39, 0.29) is 6.42 Å². The molecule has 0 aromatic rings. The molecular formula is C5H6F4O3. The maximum atomic E-state index is 11.3. The van der Waals surface area contributed by atoms with E-state index >= 15 is 0 Å². The summed E-state index contributed by atoms with van der Waals surface area (Å²) >= 11 is 0. The Morgan fingerprint density at radius 3 is 2.33 bits per heavy atom. The Morgan fingerprint density at radius 1 is 1.33 bits per heavy atom. The maximum Gasteiger partial charge on any atom is 0.577 e. The van der Waals surface area contributed by atoms with Crippen LogP contribution in [0.5, 0.6) is 0 Å². The summed E-state index contributed by atoms with van der Waals surface area (Å²) in [5.41, 5.74) is 0. The van der Waals surface area contributed by atoms with Crippen molar-refractivity contribution in [1.82, 2.24) is 0 Å². The summed E-state index contributed by atoms with van der Waals surface area (Å²) in [6.45, 7) is -1.19. The SMILES string of the molecule is O=C(OCCCF)OC(F)(F)F. The van der Waals surface area contributed by atoms with Gasteiger partial charge in [-0.3, -0.25) is 4.39 Å². The number of rotatable bonds is 3. The second-order valence-electron chi connectivity index (χ2n) is 1.69. The molecule has 0 atom stereocenters. The van der Waals surface area contributed by atoms with Crippen LogP contribution in [0.4, 0.5) is 22.4 Å². The van der Waals surface area contributed by atoms with Gasteiger partial charge in [0.05, 0.1) is 13.3 Å². The predicted molar refractivity (Wildman–Crippen MR) is 29.1 cm³/mol. The van der Waals surface area contributed by atoms with Crippen LogP contribution < -0.4 is 0 Å². The highest BCUT2D eigenvalue weighted by Crippen LogP contribution is 2.16. The molecule has 0 aliphatic heterocycles. The molecule has 0 aliphatic rings. The zero-order valence-corrected chi connectivity index (χ0v) is 5.86. The number of hydrogen-bond acceptors (Lipinski definition) is 3. The van der Waals surface area contributed by atoms with E-state index in [1.807, 2.05) is 0 Å². The first kappa shape index (κ1) is 11.0. The molecule has 0 fully saturated rings. The number of carbonyl (C=O) groups is 1. The summed E-state index contributed by atoms with van der Waals surface area (Å²) in [6, 6.07) is 0. The van der Waals surface area contributed by atoms with Gasteiger partial charge in [-0.2, -0.15) is 0 Å². The van der Waals surface area contributed by atoms with Gasteiger partial charge in [0.2, 0.25) is 0 Å². The minimum absolute atomic E-state index is 0.146. The topological polar surface area (TPSA) is 35.5 Å². The molecular weight excluding hydrogens is 184 g/mol. The molecule has 0 aliphatic carbocycles. The molecule has 12 heavy (non-hydrogen) atoms. The van der Waals surface area contributed by atoms with Crippen molar-refractivity contribution < 1.29 is 31.8 Å². The molecule has 0 heterocycles. The molecule has 0 saturated carbocycles. The van der Waals surface area contributed by atoms with Crippen LogP contribution >= 0.6 is 0 Å². The molecule has 0 amide bonds. The van der Waals surface area contributed by atoms with Crippen LogP contribution in [0.2, 0.25) is 0 Å². The number of ether oxygens (including phenoxy) is 2. The Kier molecular flexibility index (Phi) is 4.38. The molecule has 7 heteroatoms. The number of halogens is 4.